The van der Waals surface area contributed by atoms with E-state index in [0.29, 0.717) is 18.8 Å². The number of benzene rings is 2. The standard InChI is InChI=1S/C22H22FN3O4S/c1-29-20-6-4-3-5-15(20)17-13-31-22(24-17)14-7-9-25(10-8-14)18-12-21(30-2)19(26(27)28)11-16(18)23/h3-6,11-14H,7-10H2,1-2H3. The molecule has 0 radical (unpaired) electrons. The van der Waals surface area contributed by atoms with E-state index in [4.69, 9.17) is 14.5 Å². The van der Waals surface area contributed by atoms with E-state index in [-0.39, 0.29) is 17.4 Å². The number of piperidine rings is 1. The normalized spacial score (nSPS) is 14.5. The van der Waals surface area contributed by atoms with Gasteiger partial charge in [-0.05, 0) is 25.0 Å². The van der Waals surface area contributed by atoms with Gasteiger partial charge in [-0.2, -0.15) is 0 Å². The summed E-state index contributed by atoms with van der Waals surface area (Å²) in [5, 5.41) is 14.2. The van der Waals surface area contributed by atoms with Gasteiger partial charge in [0.05, 0.1) is 41.6 Å². The fourth-order valence-electron chi connectivity index (χ4n) is 3.90. The maximum Gasteiger partial charge on any atom is 0.313 e. The summed E-state index contributed by atoms with van der Waals surface area (Å²) in [5.74, 6) is 0.521. The molecule has 0 unspecified atom stereocenters. The Balaban J connectivity index is 1.49. The molecule has 1 aliphatic rings. The highest BCUT2D eigenvalue weighted by Crippen LogP contribution is 2.39. The van der Waals surface area contributed by atoms with Crippen LogP contribution in [0.1, 0.15) is 23.8 Å². The summed E-state index contributed by atoms with van der Waals surface area (Å²) < 4.78 is 25.1. The largest absolute Gasteiger partial charge is 0.496 e. The predicted molar refractivity (Wildman–Crippen MR) is 118 cm³/mol. The molecule has 1 aromatic heterocycles. The monoisotopic (exact) mass is 443 g/mol. The van der Waals surface area contributed by atoms with Crippen LogP contribution >= 0.6 is 11.3 Å². The van der Waals surface area contributed by atoms with Crippen molar-refractivity contribution < 1.29 is 18.8 Å². The molecule has 0 bridgehead atoms. The molecule has 0 N–H and O–H groups in total. The van der Waals surface area contributed by atoms with E-state index >= 15 is 0 Å². The van der Waals surface area contributed by atoms with Crippen LogP contribution in [-0.4, -0.2) is 37.2 Å². The van der Waals surface area contributed by atoms with Crippen molar-refractivity contribution in [1.82, 2.24) is 4.98 Å². The molecule has 31 heavy (non-hydrogen) atoms. The highest BCUT2D eigenvalue weighted by Gasteiger charge is 2.27. The Bertz CT molecular complexity index is 1100. The van der Waals surface area contributed by atoms with Crippen LogP contribution in [0.2, 0.25) is 0 Å². The summed E-state index contributed by atoms with van der Waals surface area (Å²) in [4.78, 5) is 17.2. The predicted octanol–water partition coefficient (Wildman–Crippen LogP) is 5.26. The zero-order chi connectivity index (χ0) is 22.0. The van der Waals surface area contributed by atoms with E-state index in [1.807, 2.05) is 34.5 Å². The maximum absolute atomic E-state index is 14.6. The summed E-state index contributed by atoms with van der Waals surface area (Å²) in [6.07, 6.45) is 1.63. The molecule has 1 saturated heterocycles. The number of halogens is 1. The Labute approximate surface area is 183 Å². The van der Waals surface area contributed by atoms with E-state index in [1.165, 1.54) is 13.2 Å². The number of anilines is 1. The van der Waals surface area contributed by atoms with Crippen molar-refractivity contribution in [2.45, 2.75) is 18.8 Å². The first-order chi connectivity index (χ1) is 15.0. The molecule has 0 saturated carbocycles. The minimum absolute atomic E-state index is 0.0601. The van der Waals surface area contributed by atoms with Crippen LogP contribution in [0.25, 0.3) is 11.3 Å². The third kappa shape index (κ3) is 4.18. The van der Waals surface area contributed by atoms with E-state index in [0.717, 1.165) is 40.9 Å². The van der Waals surface area contributed by atoms with Crippen LogP contribution < -0.4 is 14.4 Å². The Kier molecular flexibility index (Phi) is 6.03. The van der Waals surface area contributed by atoms with Crippen molar-refractivity contribution in [2.75, 3.05) is 32.2 Å². The first kappa shape index (κ1) is 21.0. The summed E-state index contributed by atoms with van der Waals surface area (Å²) >= 11 is 1.63. The number of hydrogen-bond acceptors (Lipinski definition) is 7. The number of nitrogens with zero attached hydrogens (tertiary/aromatic N) is 3. The third-order valence-corrected chi connectivity index (χ3v) is 6.54. The molecule has 9 heteroatoms. The molecule has 1 fully saturated rings. The molecule has 0 amide bonds. The van der Waals surface area contributed by atoms with Crippen molar-refractivity contribution in [3.63, 3.8) is 0 Å². The first-order valence-electron chi connectivity index (χ1n) is 9.87. The molecule has 0 aliphatic carbocycles. The second-order valence-corrected chi connectivity index (χ2v) is 8.15. The minimum atomic E-state index is -0.639. The van der Waals surface area contributed by atoms with E-state index in [1.54, 1.807) is 18.4 Å². The van der Waals surface area contributed by atoms with Gasteiger partial charge in [0.2, 0.25) is 0 Å². The van der Waals surface area contributed by atoms with Gasteiger partial charge < -0.3 is 14.4 Å². The topological polar surface area (TPSA) is 77.7 Å². The van der Waals surface area contributed by atoms with Crippen LogP contribution in [0, 0.1) is 15.9 Å². The summed E-state index contributed by atoms with van der Waals surface area (Å²) in [7, 11) is 2.99. The number of para-hydroxylation sites is 1. The molecular weight excluding hydrogens is 421 g/mol. The number of nitro groups is 1. The molecule has 2 heterocycles. The van der Waals surface area contributed by atoms with Crippen molar-refractivity contribution in [3.8, 4) is 22.8 Å². The van der Waals surface area contributed by atoms with E-state index in [2.05, 4.69) is 0 Å². The molecule has 162 valence electrons. The fourth-order valence-corrected chi connectivity index (χ4v) is 4.89. The molecule has 4 rings (SSSR count). The van der Waals surface area contributed by atoms with Crippen LogP contribution in [-0.2, 0) is 0 Å². The number of nitro benzene ring substituents is 1. The van der Waals surface area contributed by atoms with Gasteiger partial charge in [-0.15, -0.1) is 11.3 Å². The summed E-state index contributed by atoms with van der Waals surface area (Å²) in [6, 6.07) is 10.1. The molecule has 0 spiro atoms. The Morgan fingerprint density at radius 1 is 1.16 bits per heavy atom. The molecule has 3 aromatic rings. The van der Waals surface area contributed by atoms with Crippen LogP contribution in [0.15, 0.2) is 41.8 Å². The smallest absolute Gasteiger partial charge is 0.313 e. The Morgan fingerprint density at radius 3 is 2.55 bits per heavy atom. The molecule has 2 aromatic carbocycles. The highest BCUT2D eigenvalue weighted by molar-refractivity contribution is 7.10. The lowest BCUT2D eigenvalue weighted by Gasteiger charge is -2.33. The summed E-state index contributed by atoms with van der Waals surface area (Å²) in [6.45, 7) is 1.26. The molecular formula is C22H22FN3O4S. The van der Waals surface area contributed by atoms with Crippen LogP contribution in [0.4, 0.5) is 15.8 Å². The number of hydrogen-bond donors (Lipinski definition) is 0. The Hall–Kier alpha value is -3.20. The number of ether oxygens (including phenoxy) is 2. The molecule has 1 aliphatic heterocycles. The van der Waals surface area contributed by atoms with Gasteiger partial charge in [0.15, 0.2) is 11.6 Å². The third-order valence-electron chi connectivity index (χ3n) is 5.53. The van der Waals surface area contributed by atoms with Crippen molar-refractivity contribution in [1.29, 1.82) is 0 Å². The maximum atomic E-state index is 14.6. The lowest BCUT2D eigenvalue weighted by Crippen LogP contribution is -2.33. The average Bonchev–Trinajstić information content (AvgIpc) is 3.29. The van der Waals surface area contributed by atoms with Gasteiger partial charge in [-0.25, -0.2) is 9.37 Å². The minimum Gasteiger partial charge on any atom is -0.496 e. The van der Waals surface area contributed by atoms with Gasteiger partial charge >= 0.3 is 5.69 Å². The fraction of sp³-hybridized carbons (Fsp3) is 0.318. The zero-order valence-electron chi connectivity index (χ0n) is 17.2. The Morgan fingerprint density at radius 2 is 1.87 bits per heavy atom. The summed E-state index contributed by atoms with van der Waals surface area (Å²) in [5.41, 5.74) is 1.82. The van der Waals surface area contributed by atoms with Gasteiger partial charge in [0.1, 0.15) is 5.75 Å². The van der Waals surface area contributed by atoms with Gasteiger partial charge in [0, 0.05) is 36.0 Å². The SMILES string of the molecule is COc1ccccc1-c1csc(C2CCN(c3cc(OC)c([N+](=O)[O-])cc3F)CC2)n1. The lowest BCUT2D eigenvalue weighted by molar-refractivity contribution is -0.385. The van der Waals surface area contributed by atoms with Crippen LogP contribution in [0.3, 0.4) is 0 Å². The van der Waals surface area contributed by atoms with E-state index in [9.17, 15) is 14.5 Å². The number of aromatic nitrogens is 1. The molecule has 7 nitrogen and oxygen atoms in total. The second-order valence-electron chi connectivity index (χ2n) is 7.27. The lowest BCUT2D eigenvalue weighted by atomic mass is 9.97. The first-order valence-corrected chi connectivity index (χ1v) is 10.8. The van der Waals surface area contributed by atoms with E-state index < -0.39 is 10.7 Å². The number of thiazole rings is 1. The second kappa shape index (κ2) is 8.89. The molecule has 0 atom stereocenters. The quantitative estimate of drug-likeness (QED) is 0.382. The van der Waals surface area contributed by atoms with Gasteiger partial charge in [-0.3, -0.25) is 10.1 Å². The number of rotatable bonds is 6. The van der Waals surface area contributed by atoms with Crippen molar-refractivity contribution in [2.24, 2.45) is 0 Å². The van der Waals surface area contributed by atoms with Crippen molar-refractivity contribution >= 4 is 22.7 Å². The highest BCUT2D eigenvalue weighted by atomic mass is 32.1. The van der Waals surface area contributed by atoms with Gasteiger partial charge in [-0.1, -0.05) is 12.1 Å². The van der Waals surface area contributed by atoms with Gasteiger partial charge in [0.25, 0.3) is 0 Å². The van der Waals surface area contributed by atoms with Crippen molar-refractivity contribution in [3.05, 3.63) is 62.7 Å². The van der Waals surface area contributed by atoms with Crippen LogP contribution in [0.5, 0.6) is 11.5 Å². The zero-order valence-corrected chi connectivity index (χ0v) is 18.0. The number of methoxy groups -OCH3 is 2. The average molecular weight is 444 g/mol.